The van der Waals surface area contributed by atoms with E-state index >= 15 is 0 Å². The Balaban J connectivity index is 1.98. The average molecular weight is 408 g/mol. The number of aliphatic carboxylic acids is 1. The van der Waals surface area contributed by atoms with E-state index in [0.29, 0.717) is 16.3 Å². The summed E-state index contributed by atoms with van der Waals surface area (Å²) in [4.78, 5) is 27.9. The summed E-state index contributed by atoms with van der Waals surface area (Å²) >= 11 is 2.63. The van der Waals surface area contributed by atoms with Gasteiger partial charge in [-0.15, -0.1) is 11.3 Å². The van der Waals surface area contributed by atoms with E-state index in [-0.39, 0.29) is 5.75 Å². The van der Waals surface area contributed by atoms with Gasteiger partial charge < -0.3 is 15.2 Å². The highest BCUT2D eigenvalue weighted by Crippen LogP contribution is 2.35. The minimum atomic E-state index is -1.36. The summed E-state index contributed by atoms with van der Waals surface area (Å²) in [5, 5.41) is 24.8. The van der Waals surface area contributed by atoms with Crippen LogP contribution in [0.5, 0.6) is 0 Å². The molecule has 0 saturated carbocycles. The number of thiophene rings is 1. The number of benzene rings is 1. The lowest BCUT2D eigenvalue weighted by molar-refractivity contribution is -0.303. The molecule has 0 aliphatic carbocycles. The standard InChI is InChI=1S/C20H15N3O3S2/c21-10-15-14(13-5-2-1-3-6-13)9-16(17-7-4-8-27-17)23-20(15)28-12-18(24)22-11-19(25)26/h1-9H,11-12H2,(H,22,24)(H,25,26)/p-1. The number of hydrogen-bond donors (Lipinski definition) is 1. The maximum absolute atomic E-state index is 11.9. The molecule has 3 aromatic rings. The molecule has 2 aromatic heterocycles. The van der Waals surface area contributed by atoms with Crippen LogP contribution >= 0.6 is 23.1 Å². The zero-order valence-corrected chi connectivity index (χ0v) is 16.2. The number of carboxylic acids is 1. The fraction of sp³-hybridized carbons (Fsp3) is 0.100. The summed E-state index contributed by atoms with van der Waals surface area (Å²) in [5.74, 6) is -1.89. The lowest BCUT2D eigenvalue weighted by atomic mass is 10.0. The van der Waals surface area contributed by atoms with Crippen LogP contribution in [0.4, 0.5) is 0 Å². The molecule has 0 saturated heterocycles. The number of carboxylic acid groups (broad SMARTS) is 1. The molecule has 28 heavy (non-hydrogen) atoms. The van der Waals surface area contributed by atoms with Crippen molar-refractivity contribution in [2.45, 2.75) is 5.03 Å². The number of carbonyl (C=O) groups is 2. The van der Waals surface area contributed by atoms with Gasteiger partial charge in [-0.3, -0.25) is 4.79 Å². The van der Waals surface area contributed by atoms with Crippen molar-refractivity contribution in [3.05, 3.63) is 59.5 Å². The Morgan fingerprint density at radius 2 is 2.00 bits per heavy atom. The summed E-state index contributed by atoms with van der Waals surface area (Å²) in [6.07, 6.45) is 0. The molecule has 0 aliphatic heterocycles. The maximum Gasteiger partial charge on any atom is 0.230 e. The van der Waals surface area contributed by atoms with Crippen molar-refractivity contribution >= 4 is 35.0 Å². The van der Waals surface area contributed by atoms with Crippen molar-refractivity contribution in [3.63, 3.8) is 0 Å². The predicted octanol–water partition coefficient (Wildman–Crippen LogP) is 2.31. The monoisotopic (exact) mass is 408 g/mol. The summed E-state index contributed by atoms with van der Waals surface area (Å²) in [6.45, 7) is -0.553. The van der Waals surface area contributed by atoms with E-state index < -0.39 is 18.4 Å². The lowest BCUT2D eigenvalue weighted by Gasteiger charge is -2.12. The second kappa shape index (κ2) is 9.17. The number of nitriles is 1. The average Bonchev–Trinajstić information content (AvgIpc) is 3.25. The molecule has 1 amide bonds. The quantitative estimate of drug-likeness (QED) is 0.602. The topological polar surface area (TPSA) is 106 Å². The van der Waals surface area contributed by atoms with Crippen LogP contribution in [0.15, 0.2) is 58.9 Å². The zero-order valence-electron chi connectivity index (χ0n) is 14.5. The Labute approximate surface area is 169 Å². The molecule has 8 heteroatoms. The van der Waals surface area contributed by atoms with Crippen LogP contribution in [0.25, 0.3) is 21.7 Å². The number of carbonyl (C=O) groups excluding carboxylic acids is 2. The molecule has 0 fully saturated rings. The Bertz CT molecular complexity index is 1030. The Morgan fingerprint density at radius 3 is 2.64 bits per heavy atom. The first kappa shape index (κ1) is 19.6. The first-order chi connectivity index (χ1) is 13.6. The molecule has 0 radical (unpaired) electrons. The molecule has 1 aromatic carbocycles. The number of amides is 1. The molecule has 6 nitrogen and oxygen atoms in total. The van der Waals surface area contributed by atoms with E-state index in [0.717, 1.165) is 27.8 Å². The van der Waals surface area contributed by atoms with Crippen molar-refractivity contribution < 1.29 is 14.7 Å². The number of aromatic nitrogens is 1. The number of hydrogen-bond acceptors (Lipinski definition) is 7. The molecule has 0 spiro atoms. The number of thioether (sulfide) groups is 1. The van der Waals surface area contributed by atoms with E-state index in [4.69, 9.17) is 0 Å². The van der Waals surface area contributed by atoms with Crippen LogP contribution in [-0.4, -0.2) is 29.2 Å². The highest BCUT2D eigenvalue weighted by Gasteiger charge is 2.17. The van der Waals surface area contributed by atoms with Crippen LogP contribution in [-0.2, 0) is 9.59 Å². The third-order valence-corrected chi connectivity index (χ3v) is 5.59. The summed E-state index contributed by atoms with van der Waals surface area (Å²) < 4.78 is 0. The van der Waals surface area contributed by atoms with Gasteiger partial charge in [0, 0.05) is 5.56 Å². The van der Waals surface area contributed by atoms with Crippen molar-refractivity contribution in [2.75, 3.05) is 12.3 Å². The largest absolute Gasteiger partial charge is 0.548 e. The molecular weight excluding hydrogens is 394 g/mol. The molecule has 3 rings (SSSR count). The molecule has 0 atom stereocenters. The van der Waals surface area contributed by atoms with Gasteiger partial charge in [-0.05, 0) is 23.1 Å². The van der Waals surface area contributed by atoms with Gasteiger partial charge in [0.15, 0.2) is 0 Å². The van der Waals surface area contributed by atoms with E-state index in [1.165, 1.54) is 11.3 Å². The maximum atomic E-state index is 11.9. The highest BCUT2D eigenvalue weighted by atomic mass is 32.2. The minimum absolute atomic E-state index is 0.0584. The van der Waals surface area contributed by atoms with Gasteiger partial charge in [0.05, 0.1) is 34.4 Å². The molecule has 140 valence electrons. The van der Waals surface area contributed by atoms with Gasteiger partial charge in [-0.25, -0.2) is 4.98 Å². The number of pyridine rings is 1. The molecule has 1 N–H and O–H groups in total. The second-order valence-corrected chi connectivity index (χ2v) is 7.54. The zero-order chi connectivity index (χ0) is 19.9. The predicted molar refractivity (Wildman–Crippen MR) is 106 cm³/mol. The normalized spacial score (nSPS) is 10.2. The fourth-order valence-corrected chi connectivity index (χ4v) is 4.00. The SMILES string of the molecule is N#Cc1c(-c2ccccc2)cc(-c2cccs2)nc1SCC(=O)NCC(=O)[O-]. The highest BCUT2D eigenvalue weighted by molar-refractivity contribution is 8.00. The van der Waals surface area contributed by atoms with Gasteiger partial charge in [0.25, 0.3) is 0 Å². The van der Waals surface area contributed by atoms with Gasteiger partial charge in [0.2, 0.25) is 5.91 Å². The molecule has 0 bridgehead atoms. The van der Waals surface area contributed by atoms with Crippen molar-refractivity contribution in [1.82, 2.24) is 10.3 Å². The van der Waals surface area contributed by atoms with Crippen molar-refractivity contribution in [2.24, 2.45) is 0 Å². The Morgan fingerprint density at radius 1 is 1.21 bits per heavy atom. The molecule has 0 unspecified atom stereocenters. The molecule has 0 aliphatic rings. The third kappa shape index (κ3) is 4.76. The minimum Gasteiger partial charge on any atom is -0.548 e. The second-order valence-electron chi connectivity index (χ2n) is 5.63. The first-order valence-corrected chi connectivity index (χ1v) is 10.1. The van der Waals surface area contributed by atoms with E-state index in [1.807, 2.05) is 53.9 Å². The van der Waals surface area contributed by atoms with Gasteiger partial charge in [-0.1, -0.05) is 48.2 Å². The third-order valence-electron chi connectivity index (χ3n) is 3.73. The van der Waals surface area contributed by atoms with E-state index in [1.54, 1.807) is 0 Å². The summed E-state index contributed by atoms with van der Waals surface area (Å²) in [6, 6.07) is 17.4. The van der Waals surface area contributed by atoms with Crippen LogP contribution in [0.3, 0.4) is 0 Å². The van der Waals surface area contributed by atoms with Crippen LogP contribution in [0.2, 0.25) is 0 Å². The van der Waals surface area contributed by atoms with Crippen LogP contribution in [0, 0.1) is 11.3 Å². The van der Waals surface area contributed by atoms with E-state index in [2.05, 4.69) is 16.4 Å². The number of nitrogens with one attached hydrogen (secondary N) is 1. The molecular formula is C20H14N3O3S2-. The summed E-state index contributed by atoms with van der Waals surface area (Å²) in [7, 11) is 0. The van der Waals surface area contributed by atoms with Crippen LogP contribution in [0.1, 0.15) is 5.56 Å². The fourth-order valence-electron chi connectivity index (χ4n) is 2.49. The van der Waals surface area contributed by atoms with E-state index in [9.17, 15) is 20.0 Å². The number of rotatable bonds is 7. The van der Waals surface area contributed by atoms with Gasteiger partial charge >= 0.3 is 0 Å². The van der Waals surface area contributed by atoms with Crippen LogP contribution < -0.4 is 10.4 Å². The smallest absolute Gasteiger partial charge is 0.230 e. The number of nitrogens with zero attached hydrogens (tertiary/aromatic N) is 2. The van der Waals surface area contributed by atoms with Gasteiger partial charge in [0.1, 0.15) is 11.1 Å². The lowest BCUT2D eigenvalue weighted by Crippen LogP contribution is -2.38. The van der Waals surface area contributed by atoms with Gasteiger partial charge in [-0.2, -0.15) is 5.26 Å². The Kier molecular flexibility index (Phi) is 6.42. The van der Waals surface area contributed by atoms with Crippen molar-refractivity contribution in [1.29, 1.82) is 5.26 Å². The Hall–Kier alpha value is -3.15. The molecule has 2 heterocycles. The first-order valence-electron chi connectivity index (χ1n) is 8.22. The van der Waals surface area contributed by atoms with Crippen molar-refractivity contribution in [3.8, 4) is 27.8 Å². The summed E-state index contributed by atoms with van der Waals surface area (Å²) in [5.41, 5.74) is 2.70.